The first-order valence-electron chi connectivity index (χ1n) is 9.38. The Labute approximate surface area is 180 Å². The molecule has 8 heteroatoms. The highest BCUT2D eigenvalue weighted by Gasteiger charge is 2.09. The molecule has 0 saturated carbocycles. The highest BCUT2D eigenvalue weighted by atomic mass is 32.2. The smallest absolute Gasteiger partial charge is 0.244 e. The van der Waals surface area contributed by atoms with Crippen molar-refractivity contribution in [3.05, 3.63) is 76.1 Å². The van der Waals surface area contributed by atoms with Gasteiger partial charge in [-0.25, -0.2) is 18.1 Å². The lowest BCUT2D eigenvalue weighted by Crippen LogP contribution is -2.23. The molecule has 1 aromatic heterocycles. The lowest BCUT2D eigenvalue weighted by molar-refractivity contribution is -0.116. The van der Waals surface area contributed by atoms with E-state index in [9.17, 15) is 13.2 Å². The fourth-order valence-corrected chi connectivity index (χ4v) is 4.13. The van der Waals surface area contributed by atoms with Crippen molar-refractivity contribution in [3.8, 4) is 11.3 Å². The van der Waals surface area contributed by atoms with Crippen molar-refractivity contribution in [2.75, 3.05) is 13.6 Å². The predicted octanol–water partition coefficient (Wildman–Crippen LogP) is 3.40. The minimum absolute atomic E-state index is 0.183. The topological polar surface area (TPSA) is 88.2 Å². The Morgan fingerprint density at radius 1 is 1.10 bits per heavy atom. The molecule has 0 aliphatic heterocycles. The summed E-state index contributed by atoms with van der Waals surface area (Å²) in [5.41, 5.74) is 3.95. The van der Waals surface area contributed by atoms with Gasteiger partial charge in [0.15, 0.2) is 0 Å². The fourth-order valence-electron chi connectivity index (χ4n) is 2.78. The van der Waals surface area contributed by atoms with Gasteiger partial charge in [0.1, 0.15) is 0 Å². The lowest BCUT2D eigenvalue weighted by atomic mass is 10.1. The van der Waals surface area contributed by atoms with Gasteiger partial charge in [-0.1, -0.05) is 36.4 Å². The van der Waals surface area contributed by atoms with Crippen molar-refractivity contribution in [1.29, 1.82) is 0 Å². The van der Waals surface area contributed by atoms with Gasteiger partial charge >= 0.3 is 0 Å². The standard InChI is InChI=1S/C22H23N3O3S2/c1-16-25-21(15-29-16)19-8-3-18(4-9-19)13-14-24-22(26)12-7-17-5-10-20(11-6-17)30(27,28)23-2/h3-12,15,23H,13-14H2,1-2H3,(H,24,26)/b12-7+. The van der Waals surface area contributed by atoms with E-state index in [0.29, 0.717) is 6.54 Å². The number of carbonyl (C=O) groups excluding carboxylic acids is 1. The number of carbonyl (C=O) groups is 1. The third-order valence-corrected chi connectivity index (χ3v) is 6.67. The normalized spacial score (nSPS) is 11.7. The summed E-state index contributed by atoms with van der Waals surface area (Å²) in [6, 6.07) is 14.5. The molecule has 0 radical (unpaired) electrons. The first kappa shape index (κ1) is 21.9. The minimum atomic E-state index is -3.46. The molecule has 6 nitrogen and oxygen atoms in total. The van der Waals surface area contributed by atoms with E-state index in [1.165, 1.54) is 25.3 Å². The van der Waals surface area contributed by atoms with Crippen molar-refractivity contribution in [3.63, 3.8) is 0 Å². The SMILES string of the molecule is CNS(=O)(=O)c1ccc(/C=C/C(=O)NCCc2ccc(-c3csc(C)n3)cc2)cc1. The van der Waals surface area contributed by atoms with E-state index in [0.717, 1.165) is 33.8 Å². The summed E-state index contributed by atoms with van der Waals surface area (Å²) in [7, 11) is -2.09. The van der Waals surface area contributed by atoms with Crippen LogP contribution in [0.15, 0.2) is 64.9 Å². The van der Waals surface area contributed by atoms with Crippen LogP contribution in [-0.4, -0.2) is 32.9 Å². The molecule has 3 aromatic rings. The number of hydrogen-bond donors (Lipinski definition) is 2. The Balaban J connectivity index is 1.47. The molecule has 0 spiro atoms. The van der Waals surface area contributed by atoms with Crippen LogP contribution in [0.3, 0.4) is 0 Å². The zero-order chi connectivity index (χ0) is 21.6. The molecule has 30 heavy (non-hydrogen) atoms. The number of nitrogens with zero attached hydrogens (tertiary/aromatic N) is 1. The fraction of sp³-hybridized carbons (Fsp3) is 0.182. The summed E-state index contributed by atoms with van der Waals surface area (Å²) in [6.45, 7) is 2.51. The van der Waals surface area contributed by atoms with Crippen LogP contribution in [0.25, 0.3) is 17.3 Å². The summed E-state index contributed by atoms with van der Waals surface area (Å²) in [5.74, 6) is -0.198. The molecule has 0 saturated heterocycles. The highest BCUT2D eigenvalue weighted by molar-refractivity contribution is 7.89. The predicted molar refractivity (Wildman–Crippen MR) is 121 cm³/mol. The quantitative estimate of drug-likeness (QED) is 0.525. The summed E-state index contributed by atoms with van der Waals surface area (Å²) >= 11 is 1.63. The first-order chi connectivity index (χ1) is 14.4. The molecular formula is C22H23N3O3S2. The monoisotopic (exact) mass is 441 g/mol. The molecule has 2 N–H and O–H groups in total. The van der Waals surface area contributed by atoms with Gasteiger partial charge in [-0.2, -0.15) is 0 Å². The third kappa shape index (κ3) is 5.85. The number of aromatic nitrogens is 1. The van der Waals surface area contributed by atoms with E-state index in [4.69, 9.17) is 0 Å². The molecule has 0 atom stereocenters. The number of aryl methyl sites for hydroxylation is 1. The van der Waals surface area contributed by atoms with Crippen molar-refractivity contribution in [2.24, 2.45) is 0 Å². The molecule has 0 aliphatic carbocycles. The number of thiazole rings is 1. The number of nitrogens with one attached hydrogen (secondary N) is 2. The van der Waals surface area contributed by atoms with Crippen LogP contribution >= 0.6 is 11.3 Å². The van der Waals surface area contributed by atoms with Gasteiger partial charge in [0.2, 0.25) is 15.9 Å². The number of amides is 1. The molecule has 156 valence electrons. The second-order valence-corrected chi connectivity index (χ2v) is 9.55. The zero-order valence-corrected chi connectivity index (χ0v) is 18.4. The van der Waals surface area contributed by atoms with Crippen LogP contribution < -0.4 is 10.0 Å². The van der Waals surface area contributed by atoms with Crippen LogP contribution in [0.5, 0.6) is 0 Å². The molecule has 0 unspecified atom stereocenters. The summed E-state index contributed by atoms with van der Waals surface area (Å²) in [6.07, 6.45) is 3.82. The van der Waals surface area contributed by atoms with E-state index in [1.54, 1.807) is 29.5 Å². The van der Waals surface area contributed by atoms with Gasteiger partial charge in [-0.05, 0) is 49.7 Å². The lowest BCUT2D eigenvalue weighted by Gasteiger charge is -2.04. The van der Waals surface area contributed by atoms with E-state index in [-0.39, 0.29) is 10.8 Å². The zero-order valence-electron chi connectivity index (χ0n) is 16.8. The summed E-state index contributed by atoms with van der Waals surface area (Å²) in [4.78, 5) is 16.7. The van der Waals surface area contributed by atoms with Crippen molar-refractivity contribution in [2.45, 2.75) is 18.2 Å². The third-order valence-electron chi connectivity index (χ3n) is 4.47. The van der Waals surface area contributed by atoms with Gasteiger partial charge in [0.25, 0.3) is 0 Å². The van der Waals surface area contributed by atoms with Gasteiger partial charge in [0.05, 0.1) is 15.6 Å². The van der Waals surface area contributed by atoms with Crippen molar-refractivity contribution >= 4 is 33.3 Å². The minimum Gasteiger partial charge on any atom is -0.352 e. The number of hydrogen-bond acceptors (Lipinski definition) is 5. The molecule has 0 fully saturated rings. The molecular weight excluding hydrogens is 418 g/mol. The van der Waals surface area contributed by atoms with Gasteiger partial charge in [-0.3, -0.25) is 4.79 Å². The summed E-state index contributed by atoms with van der Waals surface area (Å²) in [5, 5.41) is 5.94. The van der Waals surface area contributed by atoms with Crippen molar-refractivity contribution < 1.29 is 13.2 Å². The van der Waals surface area contributed by atoms with E-state index >= 15 is 0 Å². The van der Waals surface area contributed by atoms with Crippen molar-refractivity contribution in [1.82, 2.24) is 15.0 Å². The van der Waals surface area contributed by atoms with E-state index in [1.807, 2.05) is 36.6 Å². The van der Waals surface area contributed by atoms with Gasteiger partial charge in [-0.15, -0.1) is 11.3 Å². The first-order valence-corrected chi connectivity index (χ1v) is 11.7. The molecule has 3 rings (SSSR count). The molecule has 0 aliphatic rings. The second-order valence-electron chi connectivity index (χ2n) is 6.60. The Hall–Kier alpha value is -2.81. The second kappa shape index (κ2) is 9.80. The Bertz CT molecular complexity index is 1130. The molecule has 1 amide bonds. The summed E-state index contributed by atoms with van der Waals surface area (Å²) < 4.78 is 25.7. The average Bonchev–Trinajstić information content (AvgIpc) is 3.19. The Morgan fingerprint density at radius 2 is 1.80 bits per heavy atom. The van der Waals surface area contributed by atoms with Crippen LogP contribution in [0.4, 0.5) is 0 Å². The van der Waals surface area contributed by atoms with E-state index in [2.05, 4.69) is 15.0 Å². The van der Waals surface area contributed by atoms with Crippen LogP contribution in [-0.2, 0) is 21.2 Å². The average molecular weight is 442 g/mol. The van der Waals surface area contributed by atoms with Crippen LogP contribution in [0.2, 0.25) is 0 Å². The largest absolute Gasteiger partial charge is 0.352 e. The molecule has 2 aromatic carbocycles. The number of rotatable bonds is 8. The molecule has 0 bridgehead atoms. The maximum Gasteiger partial charge on any atom is 0.244 e. The van der Waals surface area contributed by atoms with E-state index < -0.39 is 10.0 Å². The maximum atomic E-state index is 12.0. The van der Waals surface area contributed by atoms with Gasteiger partial charge in [0, 0.05) is 23.6 Å². The molecule has 1 heterocycles. The Kier molecular flexibility index (Phi) is 7.15. The number of benzene rings is 2. The Morgan fingerprint density at radius 3 is 2.40 bits per heavy atom. The number of sulfonamides is 1. The van der Waals surface area contributed by atoms with Gasteiger partial charge < -0.3 is 5.32 Å². The van der Waals surface area contributed by atoms with Crippen LogP contribution in [0, 0.1) is 6.92 Å². The maximum absolute atomic E-state index is 12.0. The van der Waals surface area contributed by atoms with Crippen LogP contribution in [0.1, 0.15) is 16.1 Å². The highest BCUT2D eigenvalue weighted by Crippen LogP contribution is 2.21.